The molecule has 0 aliphatic rings. The number of carboxylic acids is 1. The summed E-state index contributed by atoms with van der Waals surface area (Å²) >= 11 is 0. The molecule has 1 rings (SSSR count). The average Bonchev–Trinajstić information content (AvgIpc) is 2.29. The highest BCUT2D eigenvalue weighted by Crippen LogP contribution is 2.15. The molecule has 4 nitrogen and oxygen atoms in total. The fourth-order valence-electron chi connectivity index (χ4n) is 1.64. The van der Waals surface area contributed by atoms with Crippen LogP contribution in [0.25, 0.3) is 0 Å². The van der Waals surface area contributed by atoms with Crippen molar-refractivity contribution in [3.8, 4) is 0 Å². The Balaban J connectivity index is 2.90. The number of pyridine rings is 1. The van der Waals surface area contributed by atoms with Gasteiger partial charge in [0.2, 0.25) is 0 Å². The lowest BCUT2D eigenvalue weighted by Crippen LogP contribution is -2.25. The van der Waals surface area contributed by atoms with Gasteiger partial charge in [-0.1, -0.05) is 13.8 Å². The number of nitrogens with zero attached hydrogens (tertiary/aromatic N) is 2. The minimum Gasteiger partial charge on any atom is -0.477 e. The Kier molecular flexibility index (Phi) is 4.76. The Morgan fingerprint density at radius 1 is 1.38 bits per heavy atom. The molecule has 0 aliphatic heterocycles. The van der Waals surface area contributed by atoms with Gasteiger partial charge in [-0.05, 0) is 25.0 Å². The summed E-state index contributed by atoms with van der Waals surface area (Å²) in [5.41, 5.74) is 1.05. The van der Waals surface area contributed by atoms with Crippen LogP contribution >= 0.6 is 0 Å². The topological polar surface area (TPSA) is 53.4 Å². The molecule has 0 atom stereocenters. The van der Waals surface area contributed by atoms with E-state index in [0.717, 1.165) is 31.6 Å². The van der Waals surface area contributed by atoms with Crippen molar-refractivity contribution in [1.29, 1.82) is 0 Å². The summed E-state index contributed by atoms with van der Waals surface area (Å²) in [6.45, 7) is 6.11. The molecule has 0 radical (unpaired) electrons. The van der Waals surface area contributed by atoms with Crippen molar-refractivity contribution in [3.63, 3.8) is 0 Å². The fraction of sp³-hybridized carbons (Fsp3) is 0.500. The van der Waals surface area contributed by atoms with Crippen LogP contribution in [-0.2, 0) is 0 Å². The lowest BCUT2D eigenvalue weighted by molar-refractivity contribution is 0.0690. The number of aromatic carboxylic acids is 1. The van der Waals surface area contributed by atoms with E-state index in [-0.39, 0.29) is 5.69 Å². The van der Waals surface area contributed by atoms with Crippen LogP contribution in [0.15, 0.2) is 18.3 Å². The molecule has 0 saturated heterocycles. The molecule has 0 spiro atoms. The zero-order valence-corrected chi connectivity index (χ0v) is 9.81. The summed E-state index contributed by atoms with van der Waals surface area (Å²) in [6, 6.07) is 3.49. The standard InChI is InChI=1S/C12H18N2O2/c1-3-7-14(8-4-2)10-5-6-13-11(9-10)12(15)16/h5-6,9H,3-4,7-8H2,1-2H3,(H,15,16). The zero-order chi connectivity index (χ0) is 12.0. The van der Waals surface area contributed by atoms with Gasteiger partial charge in [-0.3, -0.25) is 0 Å². The van der Waals surface area contributed by atoms with E-state index in [9.17, 15) is 4.79 Å². The van der Waals surface area contributed by atoms with Crippen LogP contribution in [0.1, 0.15) is 37.2 Å². The number of carboxylic acid groups (broad SMARTS) is 1. The van der Waals surface area contributed by atoms with Crippen molar-refractivity contribution in [2.24, 2.45) is 0 Å². The van der Waals surface area contributed by atoms with E-state index in [1.807, 2.05) is 6.07 Å². The van der Waals surface area contributed by atoms with E-state index in [1.165, 1.54) is 0 Å². The maximum Gasteiger partial charge on any atom is 0.354 e. The Morgan fingerprint density at radius 2 is 2.00 bits per heavy atom. The summed E-state index contributed by atoms with van der Waals surface area (Å²) < 4.78 is 0. The molecule has 0 saturated carbocycles. The van der Waals surface area contributed by atoms with Gasteiger partial charge < -0.3 is 10.0 Å². The lowest BCUT2D eigenvalue weighted by Gasteiger charge is -2.23. The summed E-state index contributed by atoms with van der Waals surface area (Å²) in [6.07, 6.45) is 3.65. The second kappa shape index (κ2) is 6.10. The quantitative estimate of drug-likeness (QED) is 0.803. The highest BCUT2D eigenvalue weighted by molar-refractivity contribution is 5.86. The second-order valence-electron chi connectivity index (χ2n) is 3.69. The number of anilines is 1. The van der Waals surface area contributed by atoms with Gasteiger partial charge in [0.1, 0.15) is 5.69 Å². The van der Waals surface area contributed by atoms with Gasteiger partial charge in [-0.2, -0.15) is 0 Å². The van der Waals surface area contributed by atoms with Crippen LogP contribution in [0, 0.1) is 0 Å². The molecule has 0 aliphatic carbocycles. The van der Waals surface area contributed by atoms with Gasteiger partial charge in [-0.25, -0.2) is 9.78 Å². The van der Waals surface area contributed by atoms with E-state index >= 15 is 0 Å². The van der Waals surface area contributed by atoms with Crippen LogP contribution < -0.4 is 4.90 Å². The van der Waals surface area contributed by atoms with Gasteiger partial charge >= 0.3 is 5.97 Å². The fourth-order valence-corrected chi connectivity index (χ4v) is 1.64. The second-order valence-corrected chi connectivity index (χ2v) is 3.69. The van der Waals surface area contributed by atoms with Crippen molar-refractivity contribution >= 4 is 11.7 Å². The van der Waals surface area contributed by atoms with Crippen molar-refractivity contribution < 1.29 is 9.90 Å². The van der Waals surface area contributed by atoms with Gasteiger partial charge in [-0.15, -0.1) is 0 Å². The van der Waals surface area contributed by atoms with E-state index in [4.69, 9.17) is 5.11 Å². The average molecular weight is 222 g/mol. The molecular weight excluding hydrogens is 204 g/mol. The summed E-state index contributed by atoms with van der Waals surface area (Å²) in [5, 5.41) is 8.87. The van der Waals surface area contributed by atoms with Crippen LogP contribution in [0.2, 0.25) is 0 Å². The Morgan fingerprint density at radius 3 is 2.50 bits per heavy atom. The van der Waals surface area contributed by atoms with Gasteiger partial charge in [0.05, 0.1) is 0 Å². The Hall–Kier alpha value is -1.58. The number of hydrogen-bond acceptors (Lipinski definition) is 3. The van der Waals surface area contributed by atoms with E-state index in [1.54, 1.807) is 12.3 Å². The molecule has 4 heteroatoms. The number of carbonyl (C=O) groups is 1. The number of hydrogen-bond donors (Lipinski definition) is 1. The van der Waals surface area contributed by atoms with E-state index in [0.29, 0.717) is 0 Å². The molecule has 0 bridgehead atoms. The third-order valence-corrected chi connectivity index (χ3v) is 2.31. The van der Waals surface area contributed by atoms with Gasteiger partial charge in [0, 0.05) is 25.0 Å². The van der Waals surface area contributed by atoms with Crippen molar-refractivity contribution in [2.45, 2.75) is 26.7 Å². The van der Waals surface area contributed by atoms with Crippen LogP contribution in [0.3, 0.4) is 0 Å². The molecule has 0 unspecified atom stereocenters. The third-order valence-electron chi connectivity index (χ3n) is 2.31. The molecule has 0 fully saturated rings. The van der Waals surface area contributed by atoms with Crippen molar-refractivity contribution in [1.82, 2.24) is 4.98 Å². The minimum atomic E-state index is -0.977. The minimum absolute atomic E-state index is 0.106. The van der Waals surface area contributed by atoms with Gasteiger partial charge in [0.15, 0.2) is 0 Å². The summed E-state index contributed by atoms with van der Waals surface area (Å²) in [5.74, 6) is -0.977. The monoisotopic (exact) mass is 222 g/mol. The normalized spacial score (nSPS) is 10.1. The largest absolute Gasteiger partial charge is 0.477 e. The van der Waals surface area contributed by atoms with E-state index in [2.05, 4.69) is 23.7 Å². The first-order chi connectivity index (χ1) is 7.69. The highest BCUT2D eigenvalue weighted by Gasteiger charge is 2.09. The van der Waals surface area contributed by atoms with Crippen molar-refractivity contribution in [2.75, 3.05) is 18.0 Å². The molecule has 0 amide bonds. The molecule has 88 valence electrons. The molecule has 1 aromatic heterocycles. The zero-order valence-electron chi connectivity index (χ0n) is 9.81. The highest BCUT2D eigenvalue weighted by atomic mass is 16.4. The van der Waals surface area contributed by atoms with Crippen LogP contribution in [-0.4, -0.2) is 29.1 Å². The van der Waals surface area contributed by atoms with E-state index < -0.39 is 5.97 Å². The summed E-state index contributed by atoms with van der Waals surface area (Å²) in [4.78, 5) is 16.8. The Bertz CT molecular complexity index is 347. The molecule has 1 N–H and O–H groups in total. The first kappa shape index (κ1) is 12.5. The first-order valence-electron chi connectivity index (χ1n) is 5.63. The maximum atomic E-state index is 10.8. The maximum absolute atomic E-state index is 10.8. The number of rotatable bonds is 6. The summed E-state index contributed by atoms with van der Waals surface area (Å²) in [7, 11) is 0. The lowest BCUT2D eigenvalue weighted by atomic mass is 10.2. The predicted molar refractivity (Wildman–Crippen MR) is 64.0 cm³/mol. The molecular formula is C12H18N2O2. The molecule has 1 heterocycles. The SMILES string of the molecule is CCCN(CCC)c1ccnc(C(=O)O)c1. The van der Waals surface area contributed by atoms with Crippen LogP contribution in [0.4, 0.5) is 5.69 Å². The Labute approximate surface area is 95.9 Å². The first-order valence-corrected chi connectivity index (χ1v) is 5.63. The van der Waals surface area contributed by atoms with Crippen LogP contribution in [0.5, 0.6) is 0 Å². The molecule has 0 aromatic carbocycles. The van der Waals surface area contributed by atoms with Gasteiger partial charge in [0.25, 0.3) is 0 Å². The van der Waals surface area contributed by atoms with Crippen molar-refractivity contribution in [3.05, 3.63) is 24.0 Å². The number of aromatic nitrogens is 1. The predicted octanol–water partition coefficient (Wildman–Crippen LogP) is 2.41. The smallest absolute Gasteiger partial charge is 0.354 e. The molecule has 16 heavy (non-hydrogen) atoms. The molecule has 1 aromatic rings. The third kappa shape index (κ3) is 3.22.